The molecule has 0 aliphatic carbocycles. The molecule has 1 atom stereocenters. The summed E-state index contributed by atoms with van der Waals surface area (Å²) in [5.41, 5.74) is 0.597. The van der Waals surface area contributed by atoms with Gasteiger partial charge in [-0.2, -0.15) is 0 Å². The molecule has 5 nitrogen and oxygen atoms in total. The van der Waals surface area contributed by atoms with Gasteiger partial charge in [0, 0.05) is 11.6 Å². The van der Waals surface area contributed by atoms with E-state index in [2.05, 4.69) is 15.9 Å². The maximum absolute atomic E-state index is 10.8. The second-order valence-electron chi connectivity index (χ2n) is 4.44. The highest BCUT2D eigenvalue weighted by atomic mass is 79.9. The van der Waals surface area contributed by atoms with E-state index >= 15 is 0 Å². The second kappa shape index (κ2) is 6.69. The zero-order valence-corrected chi connectivity index (χ0v) is 12.9. The maximum atomic E-state index is 10.8. The number of ether oxygens (including phenoxy) is 1. The minimum Gasteiger partial charge on any atom is -0.456 e. The third kappa shape index (κ3) is 3.59. The van der Waals surface area contributed by atoms with Crippen LogP contribution in [0.5, 0.6) is 11.5 Å². The lowest BCUT2D eigenvalue weighted by atomic mass is 10.1. The molecule has 0 saturated carbocycles. The van der Waals surface area contributed by atoms with Crippen LogP contribution in [0.4, 0.5) is 5.69 Å². The molecule has 0 heterocycles. The van der Waals surface area contributed by atoms with Crippen LogP contribution in [-0.4, -0.2) is 10.0 Å². The van der Waals surface area contributed by atoms with Crippen molar-refractivity contribution in [1.29, 1.82) is 0 Å². The molecule has 2 rings (SSSR count). The summed E-state index contributed by atoms with van der Waals surface area (Å²) in [6.07, 6.45) is -0.0881. The largest absolute Gasteiger partial charge is 0.456 e. The van der Waals surface area contributed by atoms with Crippen LogP contribution >= 0.6 is 15.9 Å². The third-order valence-corrected chi connectivity index (χ3v) is 3.67. The first-order valence-corrected chi connectivity index (χ1v) is 7.21. The standard InChI is InChI=1S/C15H14BrNO4/c1-2-13(18)11-5-3-4-6-14(11)21-15-9-10(17(19)20)7-8-12(15)16/h3-9,13,18H,2H2,1H3/t13-/m1/s1. The van der Waals surface area contributed by atoms with Crippen molar-refractivity contribution in [2.24, 2.45) is 0 Å². The molecule has 21 heavy (non-hydrogen) atoms. The van der Waals surface area contributed by atoms with E-state index in [4.69, 9.17) is 4.74 Å². The predicted molar refractivity (Wildman–Crippen MR) is 82.6 cm³/mol. The van der Waals surface area contributed by atoms with Gasteiger partial charge in [-0.15, -0.1) is 0 Å². The Bertz CT molecular complexity index is 660. The number of hydrogen-bond acceptors (Lipinski definition) is 4. The zero-order valence-electron chi connectivity index (χ0n) is 11.3. The smallest absolute Gasteiger partial charge is 0.273 e. The summed E-state index contributed by atoms with van der Waals surface area (Å²) in [4.78, 5) is 10.4. The Morgan fingerprint density at radius 3 is 2.67 bits per heavy atom. The first kappa shape index (κ1) is 15.5. The number of para-hydroxylation sites is 1. The molecule has 110 valence electrons. The first-order chi connectivity index (χ1) is 10.0. The van der Waals surface area contributed by atoms with E-state index in [0.717, 1.165) is 0 Å². The van der Waals surface area contributed by atoms with Crippen molar-refractivity contribution in [3.63, 3.8) is 0 Å². The van der Waals surface area contributed by atoms with Crippen LogP contribution < -0.4 is 4.74 Å². The molecule has 0 aliphatic rings. The highest BCUT2D eigenvalue weighted by Gasteiger charge is 2.15. The fourth-order valence-corrected chi connectivity index (χ4v) is 2.20. The van der Waals surface area contributed by atoms with Crippen LogP contribution in [0.2, 0.25) is 0 Å². The number of rotatable bonds is 5. The maximum Gasteiger partial charge on any atom is 0.273 e. The minimum atomic E-state index is -0.640. The van der Waals surface area contributed by atoms with Crippen LogP contribution in [0.15, 0.2) is 46.9 Å². The van der Waals surface area contributed by atoms with Gasteiger partial charge >= 0.3 is 0 Å². The molecule has 0 fully saturated rings. The summed E-state index contributed by atoms with van der Waals surface area (Å²) >= 11 is 3.31. The highest BCUT2D eigenvalue weighted by Crippen LogP contribution is 2.36. The van der Waals surface area contributed by atoms with Crippen molar-refractivity contribution < 1.29 is 14.8 Å². The topological polar surface area (TPSA) is 72.6 Å². The molecule has 0 aromatic heterocycles. The normalized spacial score (nSPS) is 12.0. The quantitative estimate of drug-likeness (QED) is 0.631. The lowest BCUT2D eigenvalue weighted by molar-refractivity contribution is -0.384. The van der Waals surface area contributed by atoms with Crippen molar-refractivity contribution in [2.75, 3.05) is 0 Å². The van der Waals surface area contributed by atoms with Crippen LogP contribution in [-0.2, 0) is 0 Å². The van der Waals surface area contributed by atoms with Gasteiger partial charge in [-0.25, -0.2) is 0 Å². The van der Waals surface area contributed by atoms with Gasteiger partial charge in [-0.1, -0.05) is 25.1 Å². The number of aliphatic hydroxyl groups excluding tert-OH is 1. The van der Waals surface area contributed by atoms with Crippen LogP contribution in [0.25, 0.3) is 0 Å². The summed E-state index contributed by atoms with van der Waals surface area (Å²) in [7, 11) is 0. The number of hydrogen-bond donors (Lipinski definition) is 1. The summed E-state index contributed by atoms with van der Waals surface area (Å²) in [5, 5.41) is 20.8. The van der Waals surface area contributed by atoms with E-state index in [-0.39, 0.29) is 5.69 Å². The Balaban J connectivity index is 2.38. The summed E-state index contributed by atoms with van der Waals surface area (Å²) in [5.74, 6) is 0.813. The van der Waals surface area contributed by atoms with Crippen LogP contribution in [0, 0.1) is 10.1 Å². The van der Waals surface area contributed by atoms with E-state index in [1.165, 1.54) is 12.1 Å². The highest BCUT2D eigenvalue weighted by molar-refractivity contribution is 9.10. The van der Waals surface area contributed by atoms with E-state index in [1.807, 2.05) is 13.0 Å². The van der Waals surface area contributed by atoms with Crippen molar-refractivity contribution in [3.8, 4) is 11.5 Å². The minimum absolute atomic E-state index is 0.0540. The van der Waals surface area contributed by atoms with Gasteiger partial charge in [0.25, 0.3) is 5.69 Å². The molecular weight excluding hydrogens is 338 g/mol. The van der Waals surface area contributed by atoms with E-state index < -0.39 is 11.0 Å². The van der Waals surface area contributed by atoms with Gasteiger partial charge in [0.1, 0.15) is 11.5 Å². The molecule has 0 bridgehead atoms. The third-order valence-electron chi connectivity index (χ3n) is 3.01. The summed E-state index contributed by atoms with van der Waals surface area (Å²) < 4.78 is 6.35. The molecule has 0 spiro atoms. The van der Waals surface area contributed by atoms with Gasteiger partial charge in [0.05, 0.1) is 21.6 Å². The van der Waals surface area contributed by atoms with Crippen molar-refractivity contribution in [3.05, 3.63) is 62.6 Å². The Morgan fingerprint density at radius 1 is 1.29 bits per heavy atom. The molecule has 6 heteroatoms. The van der Waals surface area contributed by atoms with Crippen LogP contribution in [0.3, 0.4) is 0 Å². The van der Waals surface area contributed by atoms with E-state index in [9.17, 15) is 15.2 Å². The predicted octanol–water partition coefficient (Wildman–Crippen LogP) is 4.59. The monoisotopic (exact) mass is 351 g/mol. The second-order valence-corrected chi connectivity index (χ2v) is 5.29. The fourth-order valence-electron chi connectivity index (χ4n) is 1.87. The van der Waals surface area contributed by atoms with Crippen molar-refractivity contribution in [2.45, 2.75) is 19.4 Å². The molecule has 1 N–H and O–H groups in total. The molecule has 0 saturated heterocycles. The number of nitro groups is 1. The SMILES string of the molecule is CC[C@@H](O)c1ccccc1Oc1cc([N+](=O)[O-])ccc1Br. The van der Waals surface area contributed by atoms with E-state index in [0.29, 0.717) is 28.0 Å². The average Bonchev–Trinajstić information content (AvgIpc) is 2.49. The zero-order chi connectivity index (χ0) is 15.4. The Kier molecular flexibility index (Phi) is 4.93. The molecule has 0 unspecified atom stereocenters. The fraction of sp³-hybridized carbons (Fsp3) is 0.200. The first-order valence-electron chi connectivity index (χ1n) is 6.41. The van der Waals surface area contributed by atoms with E-state index in [1.54, 1.807) is 24.3 Å². The lowest BCUT2D eigenvalue weighted by Gasteiger charge is -2.15. The average molecular weight is 352 g/mol. The van der Waals surface area contributed by atoms with Gasteiger partial charge in [0.2, 0.25) is 0 Å². The van der Waals surface area contributed by atoms with Gasteiger partial charge in [0.15, 0.2) is 0 Å². The van der Waals surface area contributed by atoms with Gasteiger partial charge < -0.3 is 9.84 Å². The Morgan fingerprint density at radius 2 is 2.00 bits per heavy atom. The number of non-ortho nitro benzene ring substituents is 1. The summed E-state index contributed by atoms with van der Waals surface area (Å²) in [6, 6.07) is 11.4. The lowest BCUT2D eigenvalue weighted by Crippen LogP contribution is -1.99. The van der Waals surface area contributed by atoms with Crippen LogP contribution in [0.1, 0.15) is 25.0 Å². The molecule has 0 amide bonds. The molecule has 2 aromatic rings. The van der Waals surface area contributed by atoms with Gasteiger partial charge in [-0.05, 0) is 34.5 Å². The van der Waals surface area contributed by atoms with Gasteiger partial charge in [-0.3, -0.25) is 10.1 Å². The number of aliphatic hydroxyl groups is 1. The number of halogens is 1. The number of benzene rings is 2. The molecule has 0 aliphatic heterocycles. The number of nitro benzene ring substituents is 1. The Labute approximate surface area is 130 Å². The molecular formula is C15H14BrNO4. The summed E-state index contributed by atoms with van der Waals surface area (Å²) in [6.45, 7) is 1.87. The Hall–Kier alpha value is -1.92. The number of nitrogens with zero attached hydrogens (tertiary/aromatic N) is 1. The van der Waals surface area contributed by atoms with Crippen molar-refractivity contribution in [1.82, 2.24) is 0 Å². The van der Waals surface area contributed by atoms with Crippen molar-refractivity contribution >= 4 is 21.6 Å². The molecule has 2 aromatic carbocycles. The molecule has 0 radical (unpaired) electrons.